The largest absolute Gasteiger partial charge is 0.442 e. The van der Waals surface area contributed by atoms with Gasteiger partial charge in [0.05, 0.1) is 0 Å². The summed E-state index contributed by atoms with van der Waals surface area (Å²) in [6, 6.07) is 5.42. The Morgan fingerprint density at radius 3 is 2.37 bits per heavy atom. The zero-order valence-electron chi connectivity index (χ0n) is 11.0. The number of halogens is 4. The van der Waals surface area contributed by atoms with Crippen LogP contribution in [0.25, 0.3) is 6.08 Å². The fourth-order valence-electron chi connectivity index (χ4n) is 2.27. The van der Waals surface area contributed by atoms with Gasteiger partial charge in [0.25, 0.3) is 0 Å². The van der Waals surface area contributed by atoms with E-state index >= 15 is 0 Å². The Labute approximate surface area is 120 Å². The van der Waals surface area contributed by atoms with Crippen LogP contribution in [0.1, 0.15) is 31.9 Å². The summed E-state index contributed by atoms with van der Waals surface area (Å²) in [5, 5.41) is 0. The Morgan fingerprint density at radius 2 is 1.89 bits per heavy atom. The maximum Gasteiger partial charge on any atom is 0.442 e. The molecule has 0 saturated heterocycles. The molecule has 0 amide bonds. The van der Waals surface area contributed by atoms with Crippen LogP contribution in [0.4, 0.5) is 13.2 Å². The Balaban J connectivity index is 2.67. The molecule has 1 aliphatic heterocycles. The molecule has 19 heavy (non-hydrogen) atoms. The van der Waals surface area contributed by atoms with E-state index in [1.165, 1.54) is 0 Å². The van der Waals surface area contributed by atoms with E-state index < -0.39 is 14.0 Å². The van der Waals surface area contributed by atoms with Crippen LogP contribution in [0.15, 0.2) is 28.0 Å². The summed E-state index contributed by atoms with van der Waals surface area (Å²) in [6.07, 6.45) is 2.45. The number of rotatable bonds is 2. The lowest BCUT2D eigenvalue weighted by atomic mass is 10.1. The first-order chi connectivity index (χ1) is 8.71. The van der Waals surface area contributed by atoms with Crippen molar-refractivity contribution in [1.82, 2.24) is 0 Å². The molecule has 1 heterocycles. The first-order valence-corrected chi connectivity index (χ1v) is 9.63. The van der Waals surface area contributed by atoms with Gasteiger partial charge in [-0.15, -0.1) is 0 Å². The molecule has 0 fully saturated rings. The van der Waals surface area contributed by atoms with Crippen molar-refractivity contribution >= 4 is 29.4 Å². The molecule has 2 rings (SSSR count). The van der Waals surface area contributed by atoms with Crippen LogP contribution in [0.5, 0.6) is 0 Å². The number of hydrogen-bond acceptors (Lipinski definition) is 0. The van der Waals surface area contributed by atoms with E-state index in [4.69, 9.17) is 0 Å². The van der Waals surface area contributed by atoms with Crippen molar-refractivity contribution in [1.29, 1.82) is 0 Å². The Kier molecular flexibility index (Phi) is 3.82. The van der Waals surface area contributed by atoms with Gasteiger partial charge in [0.15, 0.2) is 0 Å². The number of alkyl halides is 3. The van der Waals surface area contributed by atoms with Gasteiger partial charge in [-0.05, 0) is 63.8 Å². The standard InChI is InChI=1S/C14H16BrF3S/c1-4-10-5-6-11-8-12(9(2)3)19(15,13(11)7-10)14(16,17)18/h5-9H,4H2,1-3H3. The maximum absolute atomic E-state index is 13.6. The average molecular weight is 353 g/mol. The highest BCUT2D eigenvalue weighted by Gasteiger charge is 2.55. The van der Waals surface area contributed by atoms with Crippen molar-refractivity contribution in [3.8, 4) is 0 Å². The van der Waals surface area contributed by atoms with Gasteiger partial charge in [-0.3, -0.25) is 0 Å². The molecular formula is C14H16BrF3S. The molecule has 1 atom stereocenters. The van der Waals surface area contributed by atoms with Gasteiger partial charge < -0.3 is 0 Å². The van der Waals surface area contributed by atoms with Gasteiger partial charge in [0, 0.05) is 4.90 Å². The summed E-state index contributed by atoms with van der Waals surface area (Å²) in [5.41, 5.74) is -2.62. The molecular weight excluding hydrogens is 337 g/mol. The lowest BCUT2D eigenvalue weighted by Crippen LogP contribution is -2.18. The number of aryl methyl sites for hydroxylation is 1. The number of benzene rings is 1. The molecule has 1 aromatic carbocycles. The average Bonchev–Trinajstić information content (AvgIpc) is 2.63. The Bertz CT molecular complexity index is 534. The van der Waals surface area contributed by atoms with Crippen LogP contribution >= 0.6 is 23.3 Å². The summed E-state index contributed by atoms with van der Waals surface area (Å²) < 4.78 is 40.9. The molecule has 0 N–H and O–H groups in total. The quantitative estimate of drug-likeness (QED) is 0.589. The highest BCUT2D eigenvalue weighted by Crippen LogP contribution is 2.82. The molecule has 0 saturated carbocycles. The predicted octanol–water partition coefficient (Wildman–Crippen LogP) is 6.25. The third kappa shape index (κ3) is 2.25. The van der Waals surface area contributed by atoms with E-state index in [2.05, 4.69) is 14.8 Å². The highest BCUT2D eigenvalue weighted by molar-refractivity contribution is 9.59. The van der Waals surface area contributed by atoms with Gasteiger partial charge in [-0.25, -0.2) is 0 Å². The first kappa shape index (κ1) is 15.0. The van der Waals surface area contributed by atoms with Gasteiger partial charge in [-0.2, -0.15) is 13.2 Å². The van der Waals surface area contributed by atoms with Crippen LogP contribution in [0.2, 0.25) is 0 Å². The van der Waals surface area contributed by atoms with Crippen molar-refractivity contribution in [2.24, 2.45) is 5.92 Å². The summed E-state index contributed by atoms with van der Waals surface area (Å²) in [7, 11) is -3.08. The molecule has 1 unspecified atom stereocenters. The number of fused-ring (bicyclic) bond motifs is 1. The van der Waals surface area contributed by atoms with Gasteiger partial charge >= 0.3 is 5.51 Å². The summed E-state index contributed by atoms with van der Waals surface area (Å²) in [5.74, 6) is -0.131. The molecule has 5 heteroatoms. The molecule has 1 aliphatic rings. The van der Waals surface area contributed by atoms with Crippen LogP contribution in [0.3, 0.4) is 0 Å². The van der Waals surface area contributed by atoms with Gasteiger partial charge in [0.2, 0.25) is 0 Å². The zero-order chi connectivity index (χ0) is 14.4. The molecule has 0 radical (unpaired) electrons. The second kappa shape index (κ2) is 4.85. The molecule has 0 aliphatic carbocycles. The van der Waals surface area contributed by atoms with E-state index in [9.17, 15) is 13.2 Å². The van der Waals surface area contributed by atoms with E-state index in [-0.39, 0.29) is 5.92 Å². The van der Waals surface area contributed by atoms with E-state index in [0.29, 0.717) is 15.4 Å². The van der Waals surface area contributed by atoms with Crippen LogP contribution in [0, 0.1) is 5.92 Å². The molecule has 1 aromatic rings. The lowest BCUT2D eigenvalue weighted by molar-refractivity contribution is -0.0356. The minimum atomic E-state index is -4.26. The third-order valence-corrected chi connectivity index (χ3v) is 9.41. The van der Waals surface area contributed by atoms with Gasteiger partial charge in [0.1, 0.15) is 0 Å². The second-order valence-electron chi connectivity index (χ2n) is 4.91. The normalized spacial score (nSPS) is 26.0. The van der Waals surface area contributed by atoms with Crippen molar-refractivity contribution in [2.45, 2.75) is 37.6 Å². The predicted molar refractivity (Wildman–Crippen MR) is 79.5 cm³/mol. The third-order valence-electron chi connectivity index (χ3n) is 3.30. The van der Waals surface area contributed by atoms with Crippen LogP contribution < -0.4 is 0 Å². The first-order valence-electron chi connectivity index (χ1n) is 6.15. The van der Waals surface area contributed by atoms with E-state index in [1.54, 1.807) is 18.2 Å². The second-order valence-corrected chi connectivity index (χ2v) is 10.3. The van der Waals surface area contributed by atoms with Crippen molar-refractivity contribution in [2.75, 3.05) is 0 Å². The van der Waals surface area contributed by atoms with Crippen molar-refractivity contribution in [3.05, 3.63) is 34.2 Å². The molecule has 0 bridgehead atoms. The molecule has 0 nitrogen and oxygen atoms in total. The minimum Gasteiger partial charge on any atom is -0.160 e. The highest BCUT2D eigenvalue weighted by atomic mass is 79.9. The Morgan fingerprint density at radius 1 is 1.26 bits per heavy atom. The van der Waals surface area contributed by atoms with Crippen LogP contribution in [-0.4, -0.2) is 5.51 Å². The number of hydrogen-bond donors (Lipinski definition) is 0. The van der Waals surface area contributed by atoms with Crippen molar-refractivity contribution in [3.63, 3.8) is 0 Å². The fraction of sp³-hybridized carbons (Fsp3) is 0.429. The van der Waals surface area contributed by atoms with Crippen LogP contribution in [-0.2, 0) is 6.42 Å². The summed E-state index contributed by atoms with van der Waals surface area (Å²) >= 11 is 3.09. The van der Waals surface area contributed by atoms with Crippen molar-refractivity contribution < 1.29 is 13.2 Å². The lowest BCUT2D eigenvalue weighted by Gasteiger charge is -2.36. The summed E-state index contributed by atoms with van der Waals surface area (Å²) in [6.45, 7) is 5.58. The Hall–Kier alpha value is -0.420. The van der Waals surface area contributed by atoms with Gasteiger partial charge in [-0.1, -0.05) is 32.9 Å². The number of allylic oxidation sites excluding steroid dienone is 1. The molecule has 106 valence electrons. The van der Waals surface area contributed by atoms with E-state index in [0.717, 1.165) is 12.0 Å². The zero-order valence-corrected chi connectivity index (χ0v) is 13.4. The topological polar surface area (TPSA) is 0 Å². The molecule has 0 aromatic heterocycles. The summed E-state index contributed by atoms with van der Waals surface area (Å²) in [4.78, 5) is 0.867. The smallest absolute Gasteiger partial charge is 0.160 e. The maximum atomic E-state index is 13.6. The fourth-order valence-corrected chi connectivity index (χ4v) is 6.99. The molecule has 0 spiro atoms. The van der Waals surface area contributed by atoms with E-state index in [1.807, 2.05) is 26.8 Å². The monoisotopic (exact) mass is 352 g/mol. The SMILES string of the molecule is CCc1ccc2c(c1)S(Br)(C(F)(F)F)C(C(C)C)=C2. The minimum absolute atomic E-state index is 0.131.